The first-order valence-electron chi connectivity index (χ1n) is 9.44. The summed E-state index contributed by atoms with van der Waals surface area (Å²) in [5.41, 5.74) is 2.80. The van der Waals surface area contributed by atoms with Crippen LogP contribution in [0.2, 0.25) is 0 Å². The summed E-state index contributed by atoms with van der Waals surface area (Å²) in [6, 6.07) is 25.3. The molecule has 0 atom stereocenters. The van der Waals surface area contributed by atoms with E-state index in [1.807, 2.05) is 54.6 Å². The fraction of sp³-hybridized carbons (Fsp3) is 0.0417. The molecule has 0 fully saturated rings. The van der Waals surface area contributed by atoms with Crippen LogP contribution < -0.4 is 4.74 Å². The predicted molar refractivity (Wildman–Crippen MR) is 118 cm³/mol. The maximum Gasteiger partial charge on any atom is 0.268 e. The van der Waals surface area contributed by atoms with Gasteiger partial charge < -0.3 is 4.74 Å². The van der Waals surface area contributed by atoms with E-state index >= 15 is 0 Å². The van der Waals surface area contributed by atoms with Crippen LogP contribution in [-0.4, -0.2) is 24.5 Å². The Balaban J connectivity index is 1.81. The van der Waals surface area contributed by atoms with E-state index in [-0.39, 0.29) is 4.90 Å². The quantitative estimate of drug-likeness (QED) is 0.410. The highest BCUT2D eigenvalue weighted by atomic mass is 32.2. The molecule has 0 aliphatic heterocycles. The van der Waals surface area contributed by atoms with Crippen molar-refractivity contribution in [2.45, 2.75) is 4.90 Å². The average molecular weight is 414 g/mol. The largest absolute Gasteiger partial charge is 0.497 e. The average Bonchev–Trinajstić information content (AvgIpc) is 3.14. The molecule has 0 aliphatic carbocycles. The van der Waals surface area contributed by atoms with Gasteiger partial charge in [0.2, 0.25) is 0 Å². The minimum absolute atomic E-state index is 0.246. The molecule has 0 aliphatic rings. The van der Waals surface area contributed by atoms with Gasteiger partial charge in [-0.25, -0.2) is 12.4 Å². The van der Waals surface area contributed by atoms with Crippen molar-refractivity contribution in [3.8, 4) is 17.0 Å². The van der Waals surface area contributed by atoms with Crippen LogP contribution in [0.1, 0.15) is 0 Å². The molecule has 6 heteroatoms. The van der Waals surface area contributed by atoms with Crippen molar-refractivity contribution >= 4 is 31.8 Å². The van der Waals surface area contributed by atoms with Gasteiger partial charge in [0.1, 0.15) is 5.75 Å². The summed E-state index contributed by atoms with van der Waals surface area (Å²) in [5.74, 6) is 0.751. The summed E-state index contributed by atoms with van der Waals surface area (Å²) < 4.78 is 33.8. The zero-order valence-corrected chi connectivity index (χ0v) is 17.0. The van der Waals surface area contributed by atoms with Crippen molar-refractivity contribution in [1.82, 2.24) is 8.96 Å². The first-order chi connectivity index (χ1) is 14.6. The summed E-state index contributed by atoms with van der Waals surface area (Å²) in [5, 5.41) is 1.64. The van der Waals surface area contributed by atoms with Crippen molar-refractivity contribution in [3.63, 3.8) is 0 Å². The topological polar surface area (TPSA) is 61.2 Å². The summed E-state index contributed by atoms with van der Waals surface area (Å²) in [4.78, 5) is 4.85. The van der Waals surface area contributed by atoms with Crippen LogP contribution in [0.3, 0.4) is 0 Å². The smallest absolute Gasteiger partial charge is 0.268 e. The molecule has 2 heterocycles. The highest BCUT2D eigenvalue weighted by molar-refractivity contribution is 7.90. The number of hydrogen-bond acceptors (Lipinski definition) is 4. The SMILES string of the molecule is COc1ccc(-c2cc3c(cn2)c2ccccc2n3S(=O)(=O)c2ccccc2)cc1. The highest BCUT2D eigenvalue weighted by Crippen LogP contribution is 2.34. The Morgan fingerprint density at radius 3 is 2.23 bits per heavy atom. The second-order valence-electron chi connectivity index (χ2n) is 6.91. The molecule has 0 saturated heterocycles. The zero-order valence-electron chi connectivity index (χ0n) is 16.2. The molecule has 0 unspecified atom stereocenters. The zero-order chi connectivity index (χ0) is 20.7. The third-order valence-electron chi connectivity index (χ3n) is 5.18. The van der Waals surface area contributed by atoms with Gasteiger partial charge in [0, 0.05) is 22.5 Å². The molecule has 5 rings (SSSR count). The van der Waals surface area contributed by atoms with Crippen LogP contribution >= 0.6 is 0 Å². The molecule has 3 aromatic carbocycles. The number of fused-ring (bicyclic) bond motifs is 3. The Bertz CT molecular complexity index is 1470. The van der Waals surface area contributed by atoms with Crippen LogP contribution in [0.15, 0.2) is 96.0 Å². The van der Waals surface area contributed by atoms with Gasteiger partial charge >= 0.3 is 0 Å². The third-order valence-corrected chi connectivity index (χ3v) is 6.92. The number of para-hydroxylation sites is 1. The lowest BCUT2D eigenvalue weighted by atomic mass is 10.1. The number of nitrogens with zero attached hydrogens (tertiary/aromatic N) is 2. The van der Waals surface area contributed by atoms with Crippen LogP contribution in [0, 0.1) is 0 Å². The standard InChI is InChI=1S/C24H18N2O3S/c1-29-18-13-11-17(12-14-18)22-15-24-21(16-25-22)20-9-5-6-10-23(20)26(24)30(27,28)19-7-3-2-4-8-19/h2-16H,1H3. The van der Waals surface area contributed by atoms with E-state index in [4.69, 9.17) is 4.74 Å². The maximum absolute atomic E-state index is 13.6. The number of methoxy groups -OCH3 is 1. The van der Waals surface area contributed by atoms with Crippen molar-refractivity contribution in [2.24, 2.45) is 0 Å². The third kappa shape index (κ3) is 2.84. The molecular formula is C24H18N2O3S. The fourth-order valence-corrected chi connectivity index (χ4v) is 5.25. The van der Waals surface area contributed by atoms with Crippen molar-refractivity contribution in [1.29, 1.82) is 0 Å². The predicted octanol–water partition coefficient (Wildman–Crippen LogP) is 5.10. The van der Waals surface area contributed by atoms with Gasteiger partial charge in [-0.05, 0) is 48.5 Å². The van der Waals surface area contributed by atoms with E-state index in [0.29, 0.717) is 16.7 Å². The molecule has 0 bridgehead atoms. The second kappa shape index (κ2) is 7.00. The molecule has 0 amide bonds. The lowest BCUT2D eigenvalue weighted by Crippen LogP contribution is -2.12. The van der Waals surface area contributed by atoms with E-state index in [1.54, 1.807) is 43.6 Å². The molecule has 5 nitrogen and oxygen atoms in total. The Labute approximate surface area is 174 Å². The number of ether oxygens (including phenoxy) is 1. The molecule has 148 valence electrons. The molecule has 0 spiro atoms. The van der Waals surface area contributed by atoms with Crippen LogP contribution in [0.25, 0.3) is 33.1 Å². The van der Waals surface area contributed by atoms with E-state index < -0.39 is 10.0 Å². The number of rotatable bonds is 4. The highest BCUT2D eigenvalue weighted by Gasteiger charge is 2.23. The van der Waals surface area contributed by atoms with Crippen molar-refractivity contribution in [3.05, 3.63) is 91.1 Å². The minimum atomic E-state index is -3.79. The lowest BCUT2D eigenvalue weighted by Gasteiger charge is -2.10. The summed E-state index contributed by atoms with van der Waals surface area (Å²) in [6.07, 6.45) is 1.74. The molecule has 2 aromatic heterocycles. The molecule has 30 heavy (non-hydrogen) atoms. The molecule has 0 N–H and O–H groups in total. The maximum atomic E-state index is 13.6. The van der Waals surface area contributed by atoms with Crippen molar-refractivity contribution in [2.75, 3.05) is 7.11 Å². The first kappa shape index (κ1) is 18.4. The van der Waals surface area contributed by atoms with E-state index in [0.717, 1.165) is 22.1 Å². The number of aromatic nitrogens is 2. The minimum Gasteiger partial charge on any atom is -0.497 e. The monoisotopic (exact) mass is 414 g/mol. The molecule has 5 aromatic rings. The van der Waals surface area contributed by atoms with Gasteiger partial charge in [-0.1, -0.05) is 36.4 Å². The van der Waals surface area contributed by atoms with Gasteiger partial charge in [0.25, 0.3) is 10.0 Å². The van der Waals surface area contributed by atoms with Gasteiger partial charge in [0.15, 0.2) is 0 Å². The summed E-state index contributed by atoms with van der Waals surface area (Å²) >= 11 is 0. The summed E-state index contributed by atoms with van der Waals surface area (Å²) in [7, 11) is -2.17. The fourth-order valence-electron chi connectivity index (χ4n) is 3.71. The molecular weight excluding hydrogens is 396 g/mol. The van der Waals surface area contributed by atoms with Gasteiger partial charge in [-0.2, -0.15) is 0 Å². The number of hydrogen-bond donors (Lipinski definition) is 0. The van der Waals surface area contributed by atoms with Crippen LogP contribution in [0.5, 0.6) is 5.75 Å². The molecule has 0 saturated carbocycles. The van der Waals surface area contributed by atoms with Crippen LogP contribution in [0.4, 0.5) is 0 Å². The van der Waals surface area contributed by atoms with Crippen molar-refractivity contribution < 1.29 is 13.2 Å². The van der Waals surface area contributed by atoms with Gasteiger partial charge in [0.05, 0.1) is 28.7 Å². The summed E-state index contributed by atoms with van der Waals surface area (Å²) in [6.45, 7) is 0. The van der Waals surface area contributed by atoms with E-state index in [1.165, 1.54) is 3.97 Å². The Morgan fingerprint density at radius 1 is 0.800 bits per heavy atom. The Kier molecular flexibility index (Phi) is 4.29. The van der Waals surface area contributed by atoms with Gasteiger partial charge in [-0.3, -0.25) is 4.98 Å². The number of benzene rings is 3. The van der Waals surface area contributed by atoms with E-state index in [2.05, 4.69) is 4.98 Å². The van der Waals surface area contributed by atoms with E-state index in [9.17, 15) is 8.42 Å². The van der Waals surface area contributed by atoms with Gasteiger partial charge in [-0.15, -0.1) is 0 Å². The first-order valence-corrected chi connectivity index (χ1v) is 10.9. The second-order valence-corrected chi connectivity index (χ2v) is 8.70. The lowest BCUT2D eigenvalue weighted by molar-refractivity contribution is 0.415. The Hall–Kier alpha value is -3.64. The Morgan fingerprint density at radius 2 is 1.50 bits per heavy atom. The molecule has 0 radical (unpaired) electrons. The number of pyridine rings is 1. The van der Waals surface area contributed by atoms with Crippen LogP contribution in [-0.2, 0) is 10.0 Å². The normalized spacial score (nSPS) is 11.8.